The minimum atomic E-state index is -2.97. The highest BCUT2D eigenvalue weighted by atomic mass is 32.2. The molecule has 11 heavy (non-hydrogen) atoms. The summed E-state index contributed by atoms with van der Waals surface area (Å²) in [6.07, 6.45) is 1.63. The predicted molar refractivity (Wildman–Crippen MR) is 43.6 cm³/mol. The van der Waals surface area contributed by atoms with Crippen molar-refractivity contribution in [2.75, 3.05) is 20.1 Å². The van der Waals surface area contributed by atoms with E-state index in [2.05, 4.69) is 0 Å². The van der Waals surface area contributed by atoms with E-state index in [1.54, 1.807) is 7.05 Å². The Balaban J connectivity index is 2.56. The molecule has 0 aromatic rings. The third-order valence-corrected chi connectivity index (χ3v) is 4.19. The van der Waals surface area contributed by atoms with Crippen molar-refractivity contribution in [3.8, 4) is 0 Å². The lowest BCUT2D eigenvalue weighted by molar-refractivity contribution is 0.475. The first-order valence-electron chi connectivity index (χ1n) is 3.74. The minimum absolute atomic E-state index is 0.112. The fourth-order valence-corrected chi connectivity index (χ4v) is 2.53. The largest absolute Gasteiger partial charge is 0.329 e. The smallest absolute Gasteiger partial charge is 0.216 e. The zero-order valence-electron chi connectivity index (χ0n) is 6.66. The van der Waals surface area contributed by atoms with Crippen molar-refractivity contribution in [3.05, 3.63) is 0 Å². The highest BCUT2D eigenvalue weighted by molar-refractivity contribution is 7.90. The summed E-state index contributed by atoms with van der Waals surface area (Å²) >= 11 is 0. The van der Waals surface area contributed by atoms with E-state index in [1.807, 2.05) is 0 Å². The fraction of sp³-hybridized carbons (Fsp3) is 1.00. The molecular formula is C6H14N2O2S. The van der Waals surface area contributed by atoms with Gasteiger partial charge in [-0.3, -0.25) is 0 Å². The molecule has 1 aliphatic carbocycles. The summed E-state index contributed by atoms with van der Waals surface area (Å²) < 4.78 is 24.1. The lowest BCUT2D eigenvalue weighted by atomic mass is 10.7. The summed E-state index contributed by atoms with van der Waals surface area (Å²) in [5, 5.41) is -0.112. The number of rotatable bonds is 4. The van der Waals surface area contributed by atoms with Crippen LogP contribution in [0.4, 0.5) is 0 Å². The fourth-order valence-electron chi connectivity index (χ4n) is 0.929. The molecule has 1 saturated carbocycles. The molecule has 0 heterocycles. The molecule has 0 radical (unpaired) electrons. The van der Waals surface area contributed by atoms with E-state index in [1.165, 1.54) is 4.31 Å². The van der Waals surface area contributed by atoms with Crippen LogP contribution < -0.4 is 5.73 Å². The first-order chi connectivity index (χ1) is 5.09. The summed E-state index contributed by atoms with van der Waals surface area (Å²) in [6, 6.07) is 0. The molecule has 1 rings (SSSR count). The topological polar surface area (TPSA) is 63.4 Å². The second kappa shape index (κ2) is 3.08. The van der Waals surface area contributed by atoms with Crippen LogP contribution in [0.5, 0.6) is 0 Å². The normalized spacial score (nSPS) is 19.2. The van der Waals surface area contributed by atoms with Crippen molar-refractivity contribution in [2.45, 2.75) is 18.1 Å². The molecule has 0 unspecified atom stereocenters. The van der Waals surface area contributed by atoms with E-state index in [-0.39, 0.29) is 5.25 Å². The Labute approximate surface area is 67.4 Å². The molecule has 4 nitrogen and oxygen atoms in total. The molecule has 5 heteroatoms. The second-order valence-corrected chi connectivity index (χ2v) is 5.17. The highest BCUT2D eigenvalue weighted by Gasteiger charge is 2.38. The molecule has 0 spiro atoms. The first-order valence-corrected chi connectivity index (χ1v) is 5.24. The van der Waals surface area contributed by atoms with Crippen LogP contribution in [0.3, 0.4) is 0 Å². The van der Waals surface area contributed by atoms with Gasteiger partial charge in [-0.25, -0.2) is 12.7 Å². The molecule has 0 saturated heterocycles. The minimum Gasteiger partial charge on any atom is -0.329 e. The molecule has 0 bridgehead atoms. The molecule has 1 aliphatic rings. The maximum absolute atomic E-state index is 11.4. The van der Waals surface area contributed by atoms with Crippen molar-refractivity contribution < 1.29 is 8.42 Å². The van der Waals surface area contributed by atoms with E-state index in [4.69, 9.17) is 5.73 Å². The number of sulfonamides is 1. The van der Waals surface area contributed by atoms with Crippen LogP contribution in [-0.2, 0) is 10.0 Å². The molecule has 0 amide bonds. The maximum Gasteiger partial charge on any atom is 0.216 e. The molecule has 0 aliphatic heterocycles. The average Bonchev–Trinajstić information content (AvgIpc) is 2.68. The van der Waals surface area contributed by atoms with Crippen LogP contribution in [0.15, 0.2) is 0 Å². The Hall–Kier alpha value is -0.130. The van der Waals surface area contributed by atoms with Gasteiger partial charge >= 0.3 is 0 Å². The van der Waals surface area contributed by atoms with Gasteiger partial charge in [-0.1, -0.05) is 0 Å². The summed E-state index contributed by atoms with van der Waals surface area (Å²) in [4.78, 5) is 0. The van der Waals surface area contributed by atoms with Crippen LogP contribution in [-0.4, -0.2) is 38.1 Å². The second-order valence-electron chi connectivity index (χ2n) is 2.85. The Morgan fingerprint density at radius 3 is 2.45 bits per heavy atom. The van der Waals surface area contributed by atoms with Gasteiger partial charge in [0.05, 0.1) is 5.25 Å². The summed E-state index contributed by atoms with van der Waals surface area (Å²) in [5.41, 5.74) is 5.24. The lowest BCUT2D eigenvalue weighted by Crippen LogP contribution is -2.34. The Kier molecular flexibility index (Phi) is 2.51. The monoisotopic (exact) mass is 178 g/mol. The van der Waals surface area contributed by atoms with Gasteiger partial charge in [-0.15, -0.1) is 0 Å². The van der Waals surface area contributed by atoms with Crippen LogP contribution in [0.1, 0.15) is 12.8 Å². The van der Waals surface area contributed by atoms with Gasteiger partial charge in [-0.2, -0.15) is 0 Å². The van der Waals surface area contributed by atoms with Crippen LogP contribution in [0, 0.1) is 0 Å². The summed E-state index contributed by atoms with van der Waals surface area (Å²) in [6.45, 7) is 0.821. The number of hydrogen-bond donors (Lipinski definition) is 1. The van der Waals surface area contributed by atoms with Gasteiger partial charge in [-0.05, 0) is 12.8 Å². The average molecular weight is 178 g/mol. The number of nitrogens with zero attached hydrogens (tertiary/aromatic N) is 1. The first kappa shape index (κ1) is 8.96. The van der Waals surface area contributed by atoms with Crippen LogP contribution in [0.25, 0.3) is 0 Å². The van der Waals surface area contributed by atoms with Crippen molar-refractivity contribution in [2.24, 2.45) is 5.73 Å². The number of nitrogens with two attached hydrogens (primary N) is 1. The molecule has 1 fully saturated rings. The van der Waals surface area contributed by atoms with E-state index in [9.17, 15) is 8.42 Å². The van der Waals surface area contributed by atoms with Gasteiger partial charge in [0.25, 0.3) is 0 Å². The SMILES string of the molecule is CN(CCN)S(=O)(=O)C1CC1. The van der Waals surface area contributed by atoms with Crippen LogP contribution >= 0.6 is 0 Å². The van der Waals surface area contributed by atoms with Gasteiger partial charge < -0.3 is 5.73 Å². The Bertz CT molecular complexity index is 221. The Morgan fingerprint density at radius 1 is 1.55 bits per heavy atom. The van der Waals surface area contributed by atoms with Crippen molar-refractivity contribution in [1.82, 2.24) is 4.31 Å². The number of hydrogen-bond acceptors (Lipinski definition) is 3. The molecular weight excluding hydrogens is 164 g/mol. The standard InChI is InChI=1S/C6H14N2O2S/c1-8(5-4-7)11(9,10)6-2-3-6/h6H,2-5,7H2,1H3. The van der Waals surface area contributed by atoms with Crippen molar-refractivity contribution >= 4 is 10.0 Å². The molecule has 2 N–H and O–H groups in total. The Morgan fingerprint density at radius 2 is 2.09 bits per heavy atom. The highest BCUT2D eigenvalue weighted by Crippen LogP contribution is 2.29. The van der Waals surface area contributed by atoms with Crippen LogP contribution in [0.2, 0.25) is 0 Å². The van der Waals surface area contributed by atoms with Gasteiger partial charge in [0.2, 0.25) is 10.0 Å². The molecule has 0 atom stereocenters. The van der Waals surface area contributed by atoms with Gasteiger partial charge in [0.15, 0.2) is 0 Å². The molecule has 0 aromatic carbocycles. The van der Waals surface area contributed by atoms with E-state index in [0.717, 1.165) is 12.8 Å². The van der Waals surface area contributed by atoms with E-state index >= 15 is 0 Å². The lowest BCUT2D eigenvalue weighted by Gasteiger charge is -2.14. The zero-order valence-corrected chi connectivity index (χ0v) is 7.47. The quantitative estimate of drug-likeness (QED) is 0.623. The van der Waals surface area contributed by atoms with Crippen molar-refractivity contribution in [3.63, 3.8) is 0 Å². The number of likely N-dealkylation sites (N-methyl/N-ethyl adjacent to an activating group) is 1. The molecule has 0 aromatic heterocycles. The maximum atomic E-state index is 11.4. The third-order valence-electron chi connectivity index (χ3n) is 1.82. The van der Waals surface area contributed by atoms with Gasteiger partial charge in [0.1, 0.15) is 0 Å². The van der Waals surface area contributed by atoms with Gasteiger partial charge in [0, 0.05) is 20.1 Å². The molecule has 66 valence electrons. The van der Waals surface area contributed by atoms with E-state index < -0.39 is 10.0 Å². The zero-order chi connectivity index (χ0) is 8.48. The third kappa shape index (κ3) is 1.91. The summed E-state index contributed by atoms with van der Waals surface area (Å²) in [7, 11) is -1.39. The summed E-state index contributed by atoms with van der Waals surface area (Å²) in [5.74, 6) is 0. The van der Waals surface area contributed by atoms with Crippen molar-refractivity contribution in [1.29, 1.82) is 0 Å². The predicted octanol–water partition coefficient (Wildman–Crippen LogP) is -0.631. The van der Waals surface area contributed by atoms with E-state index in [0.29, 0.717) is 13.1 Å².